The molecule has 0 spiro atoms. The van der Waals surface area contributed by atoms with Crippen molar-refractivity contribution >= 4 is 5.78 Å². The summed E-state index contributed by atoms with van der Waals surface area (Å²) in [4.78, 5) is 17.0. The summed E-state index contributed by atoms with van der Waals surface area (Å²) in [6.07, 6.45) is 3.65. The Labute approximate surface area is 120 Å². The molecule has 0 aliphatic heterocycles. The molecule has 0 fully saturated rings. The second-order valence-electron chi connectivity index (χ2n) is 5.69. The number of rotatable bonds is 4. The summed E-state index contributed by atoms with van der Waals surface area (Å²) >= 11 is 0. The van der Waals surface area contributed by atoms with E-state index in [0.29, 0.717) is 5.92 Å². The summed E-state index contributed by atoms with van der Waals surface area (Å²) in [7, 11) is 0. The number of imidazole rings is 1. The molecule has 20 heavy (non-hydrogen) atoms. The number of nitrogens with zero attached hydrogens (tertiary/aromatic N) is 2. The first-order valence-electron chi connectivity index (χ1n) is 7.06. The summed E-state index contributed by atoms with van der Waals surface area (Å²) in [5.74, 6) is 1.39. The molecule has 3 heteroatoms. The number of benzene rings is 1. The van der Waals surface area contributed by atoms with Crippen LogP contribution >= 0.6 is 0 Å². The van der Waals surface area contributed by atoms with Crippen LogP contribution in [0.1, 0.15) is 60.0 Å². The van der Waals surface area contributed by atoms with Gasteiger partial charge in [-0.3, -0.25) is 4.79 Å². The molecule has 0 bridgehead atoms. The quantitative estimate of drug-likeness (QED) is 0.785. The second kappa shape index (κ2) is 5.61. The van der Waals surface area contributed by atoms with Crippen molar-refractivity contribution in [1.29, 1.82) is 0 Å². The molecule has 0 N–H and O–H groups in total. The molecule has 1 unspecified atom stereocenters. The van der Waals surface area contributed by atoms with Crippen molar-refractivity contribution in [2.75, 3.05) is 0 Å². The Hall–Kier alpha value is -1.90. The summed E-state index contributed by atoms with van der Waals surface area (Å²) in [6.45, 7) is 10.2. The lowest BCUT2D eigenvalue weighted by atomic mass is 10.00. The van der Waals surface area contributed by atoms with Crippen LogP contribution in [0.5, 0.6) is 0 Å². The first-order chi connectivity index (χ1) is 9.41. The summed E-state index contributed by atoms with van der Waals surface area (Å²) in [5, 5.41) is 0. The van der Waals surface area contributed by atoms with Crippen molar-refractivity contribution in [2.24, 2.45) is 0 Å². The zero-order valence-corrected chi connectivity index (χ0v) is 12.8. The van der Waals surface area contributed by atoms with E-state index in [2.05, 4.69) is 25.8 Å². The Morgan fingerprint density at radius 2 is 1.85 bits per heavy atom. The van der Waals surface area contributed by atoms with Crippen molar-refractivity contribution in [3.63, 3.8) is 0 Å². The fourth-order valence-corrected chi connectivity index (χ4v) is 2.36. The maximum absolute atomic E-state index is 12.6. The number of carbonyl (C=O) groups is 1. The maximum atomic E-state index is 12.6. The topological polar surface area (TPSA) is 34.9 Å². The van der Waals surface area contributed by atoms with E-state index in [1.54, 1.807) is 6.20 Å². The first-order valence-corrected chi connectivity index (χ1v) is 7.06. The Kier molecular flexibility index (Phi) is 4.07. The Morgan fingerprint density at radius 1 is 1.15 bits per heavy atom. The van der Waals surface area contributed by atoms with Crippen molar-refractivity contribution in [3.05, 3.63) is 53.1 Å². The van der Waals surface area contributed by atoms with E-state index in [4.69, 9.17) is 0 Å². The van der Waals surface area contributed by atoms with E-state index in [9.17, 15) is 4.79 Å². The van der Waals surface area contributed by atoms with Gasteiger partial charge in [0.1, 0.15) is 5.82 Å². The summed E-state index contributed by atoms with van der Waals surface area (Å²) < 4.78 is 1.97. The molecule has 0 aliphatic rings. The molecule has 2 aromatic rings. The van der Waals surface area contributed by atoms with Crippen LogP contribution in [0.4, 0.5) is 0 Å². The smallest absolute Gasteiger partial charge is 0.185 e. The van der Waals surface area contributed by atoms with E-state index in [1.165, 1.54) is 5.56 Å². The molecule has 0 saturated heterocycles. The van der Waals surface area contributed by atoms with Gasteiger partial charge in [0.2, 0.25) is 0 Å². The third-order valence-corrected chi connectivity index (χ3v) is 3.80. The molecule has 1 aromatic heterocycles. The highest BCUT2D eigenvalue weighted by molar-refractivity contribution is 5.99. The van der Waals surface area contributed by atoms with Crippen LogP contribution in [0.3, 0.4) is 0 Å². The van der Waals surface area contributed by atoms with Gasteiger partial charge in [0, 0.05) is 23.9 Å². The number of ketones is 1. The molecule has 1 heterocycles. The highest BCUT2D eigenvalue weighted by atomic mass is 16.1. The van der Waals surface area contributed by atoms with E-state index in [-0.39, 0.29) is 11.8 Å². The summed E-state index contributed by atoms with van der Waals surface area (Å²) in [6, 6.07) is 5.66. The fraction of sp³-hybridized carbons (Fsp3) is 0.412. The first kappa shape index (κ1) is 14.5. The highest BCUT2D eigenvalue weighted by Gasteiger charge is 2.20. The maximum Gasteiger partial charge on any atom is 0.185 e. The highest BCUT2D eigenvalue weighted by Crippen LogP contribution is 2.21. The van der Waals surface area contributed by atoms with Gasteiger partial charge < -0.3 is 4.57 Å². The predicted molar refractivity (Wildman–Crippen MR) is 81.3 cm³/mol. The van der Waals surface area contributed by atoms with E-state index >= 15 is 0 Å². The van der Waals surface area contributed by atoms with Crippen molar-refractivity contribution in [3.8, 4) is 0 Å². The van der Waals surface area contributed by atoms with Gasteiger partial charge in [0.15, 0.2) is 5.78 Å². The molecule has 0 saturated carbocycles. The minimum Gasteiger partial charge on any atom is -0.324 e. The largest absolute Gasteiger partial charge is 0.324 e. The number of aromatic nitrogens is 2. The van der Waals surface area contributed by atoms with Crippen LogP contribution < -0.4 is 0 Å². The summed E-state index contributed by atoms with van der Waals surface area (Å²) in [5.41, 5.74) is 3.13. The van der Waals surface area contributed by atoms with E-state index in [0.717, 1.165) is 17.0 Å². The monoisotopic (exact) mass is 270 g/mol. The van der Waals surface area contributed by atoms with Crippen LogP contribution in [0.2, 0.25) is 0 Å². The molecule has 106 valence electrons. The predicted octanol–water partition coefficient (Wildman–Crippen LogP) is 4.07. The molecule has 3 nitrogen and oxygen atoms in total. The van der Waals surface area contributed by atoms with E-state index in [1.807, 2.05) is 42.8 Å². The fourth-order valence-electron chi connectivity index (χ4n) is 2.36. The minimum absolute atomic E-state index is 0.132. The lowest BCUT2D eigenvalue weighted by Gasteiger charge is -2.17. The van der Waals surface area contributed by atoms with Crippen LogP contribution in [0.25, 0.3) is 0 Å². The normalized spacial score (nSPS) is 12.7. The Bertz CT molecular complexity index is 626. The van der Waals surface area contributed by atoms with Gasteiger partial charge in [0.05, 0.1) is 6.04 Å². The molecule has 1 atom stereocenters. The average Bonchev–Trinajstić information content (AvgIpc) is 2.89. The Balaban J connectivity index is 2.32. The molecule has 1 aromatic carbocycles. The molecule has 2 rings (SSSR count). The second-order valence-corrected chi connectivity index (χ2v) is 5.69. The SMILES string of the molecule is Cc1ccc(C(=O)C(C)n2ccnc2C(C)C)cc1C. The molecule has 0 amide bonds. The minimum atomic E-state index is -0.225. The van der Waals surface area contributed by atoms with Gasteiger partial charge in [-0.1, -0.05) is 26.0 Å². The lowest BCUT2D eigenvalue weighted by Crippen LogP contribution is -2.19. The third kappa shape index (κ3) is 2.67. The average molecular weight is 270 g/mol. The molecular weight excluding hydrogens is 248 g/mol. The van der Waals surface area contributed by atoms with Crippen molar-refractivity contribution < 1.29 is 4.79 Å². The lowest BCUT2D eigenvalue weighted by molar-refractivity contribution is 0.0933. The Morgan fingerprint density at radius 3 is 2.45 bits per heavy atom. The zero-order chi connectivity index (χ0) is 14.9. The molecule has 0 aliphatic carbocycles. The van der Waals surface area contributed by atoms with Gasteiger partial charge in [-0.25, -0.2) is 4.98 Å². The molecule has 0 radical (unpaired) electrons. The van der Waals surface area contributed by atoms with Gasteiger partial charge in [-0.05, 0) is 38.0 Å². The standard InChI is InChI=1S/C17H22N2O/c1-11(2)17-18-8-9-19(17)14(5)16(20)15-7-6-12(3)13(4)10-15/h6-11,14H,1-5H3. The number of hydrogen-bond acceptors (Lipinski definition) is 2. The number of aryl methyl sites for hydroxylation is 2. The number of hydrogen-bond donors (Lipinski definition) is 0. The van der Waals surface area contributed by atoms with Gasteiger partial charge in [0.25, 0.3) is 0 Å². The van der Waals surface area contributed by atoms with Crippen molar-refractivity contribution in [1.82, 2.24) is 9.55 Å². The van der Waals surface area contributed by atoms with Crippen LogP contribution in [-0.2, 0) is 0 Å². The van der Waals surface area contributed by atoms with Crippen LogP contribution in [-0.4, -0.2) is 15.3 Å². The molecular formula is C17H22N2O. The van der Waals surface area contributed by atoms with Gasteiger partial charge in [-0.2, -0.15) is 0 Å². The van der Waals surface area contributed by atoms with Gasteiger partial charge >= 0.3 is 0 Å². The van der Waals surface area contributed by atoms with Gasteiger partial charge in [-0.15, -0.1) is 0 Å². The van der Waals surface area contributed by atoms with E-state index < -0.39 is 0 Å². The number of carbonyl (C=O) groups excluding carboxylic acids is 1. The van der Waals surface area contributed by atoms with Crippen LogP contribution in [0, 0.1) is 13.8 Å². The van der Waals surface area contributed by atoms with Crippen LogP contribution in [0.15, 0.2) is 30.6 Å². The third-order valence-electron chi connectivity index (χ3n) is 3.80. The zero-order valence-electron chi connectivity index (χ0n) is 12.8. The van der Waals surface area contributed by atoms with Crippen molar-refractivity contribution in [2.45, 2.75) is 46.6 Å². The number of Topliss-reactive ketones (excluding diaryl/α,β-unsaturated/α-hetero) is 1.